The van der Waals surface area contributed by atoms with E-state index in [0.29, 0.717) is 6.04 Å². The second kappa shape index (κ2) is 7.82. The Balaban J connectivity index is 2.03. The molecule has 1 aliphatic carbocycles. The standard InChI is InChI=1S/C17H28ClNS/c1-4-10-19-16(17-15(18)9-11-20-17)14-7-5-13(6-8-14)12(2)3/h9,11-14,16,19H,4-8,10H2,1-3H3. The van der Waals surface area contributed by atoms with E-state index < -0.39 is 0 Å². The lowest BCUT2D eigenvalue weighted by molar-refractivity contribution is 0.190. The average Bonchev–Trinajstić information content (AvgIpc) is 2.86. The van der Waals surface area contributed by atoms with E-state index in [2.05, 4.69) is 31.5 Å². The summed E-state index contributed by atoms with van der Waals surface area (Å²) in [6.45, 7) is 8.06. The molecule has 1 heterocycles. The van der Waals surface area contributed by atoms with Crippen LogP contribution in [0.5, 0.6) is 0 Å². The zero-order valence-corrected chi connectivity index (χ0v) is 14.6. The number of rotatable bonds is 6. The third-order valence-electron chi connectivity index (χ3n) is 4.77. The molecule has 0 amide bonds. The first kappa shape index (κ1) is 16.3. The minimum Gasteiger partial charge on any atom is -0.309 e. The molecule has 1 aliphatic rings. The summed E-state index contributed by atoms with van der Waals surface area (Å²) in [5, 5.41) is 6.83. The summed E-state index contributed by atoms with van der Waals surface area (Å²) in [5.41, 5.74) is 0. The van der Waals surface area contributed by atoms with Gasteiger partial charge in [0.15, 0.2) is 0 Å². The molecule has 1 N–H and O–H groups in total. The van der Waals surface area contributed by atoms with Crippen LogP contribution in [-0.2, 0) is 0 Å². The van der Waals surface area contributed by atoms with Crippen molar-refractivity contribution in [3.05, 3.63) is 21.3 Å². The molecular weight excluding hydrogens is 286 g/mol. The fourth-order valence-corrected chi connectivity index (χ4v) is 4.79. The highest BCUT2D eigenvalue weighted by Gasteiger charge is 2.30. The summed E-state index contributed by atoms with van der Waals surface area (Å²) in [5.74, 6) is 2.52. The molecule has 0 saturated heterocycles. The van der Waals surface area contributed by atoms with E-state index in [1.165, 1.54) is 37.0 Å². The van der Waals surface area contributed by atoms with Crippen molar-refractivity contribution >= 4 is 22.9 Å². The van der Waals surface area contributed by atoms with Crippen LogP contribution in [0, 0.1) is 17.8 Å². The zero-order chi connectivity index (χ0) is 14.5. The summed E-state index contributed by atoms with van der Waals surface area (Å²) in [7, 11) is 0. The first-order valence-corrected chi connectivity index (χ1v) is 9.35. The molecule has 0 radical (unpaired) electrons. The van der Waals surface area contributed by atoms with Gasteiger partial charge in [0.25, 0.3) is 0 Å². The highest BCUT2D eigenvalue weighted by molar-refractivity contribution is 7.10. The molecule has 0 aromatic carbocycles. The molecule has 1 saturated carbocycles. The van der Waals surface area contributed by atoms with Gasteiger partial charge in [-0.05, 0) is 67.8 Å². The topological polar surface area (TPSA) is 12.0 Å². The van der Waals surface area contributed by atoms with Gasteiger partial charge in [-0.1, -0.05) is 32.4 Å². The maximum atomic E-state index is 6.38. The van der Waals surface area contributed by atoms with Gasteiger partial charge < -0.3 is 5.32 Å². The molecule has 1 unspecified atom stereocenters. The second-order valence-corrected chi connectivity index (χ2v) is 7.84. The third kappa shape index (κ3) is 3.99. The molecule has 114 valence electrons. The summed E-state index contributed by atoms with van der Waals surface area (Å²) in [6, 6.07) is 2.51. The van der Waals surface area contributed by atoms with Crippen molar-refractivity contribution in [2.45, 2.75) is 58.9 Å². The molecule has 0 aliphatic heterocycles. The van der Waals surface area contributed by atoms with E-state index in [0.717, 1.165) is 29.3 Å². The van der Waals surface area contributed by atoms with E-state index in [4.69, 9.17) is 11.6 Å². The number of halogens is 1. The van der Waals surface area contributed by atoms with Gasteiger partial charge in [-0.3, -0.25) is 0 Å². The fraction of sp³-hybridized carbons (Fsp3) is 0.765. The largest absolute Gasteiger partial charge is 0.309 e. The van der Waals surface area contributed by atoms with Crippen LogP contribution >= 0.6 is 22.9 Å². The molecule has 3 heteroatoms. The molecule has 0 spiro atoms. The third-order valence-corrected chi connectivity index (χ3v) is 6.21. The van der Waals surface area contributed by atoms with Crippen molar-refractivity contribution in [3.63, 3.8) is 0 Å². The average molecular weight is 314 g/mol. The van der Waals surface area contributed by atoms with Gasteiger partial charge in [-0.2, -0.15) is 0 Å². The minimum atomic E-state index is 0.468. The van der Waals surface area contributed by atoms with E-state index in [9.17, 15) is 0 Å². The zero-order valence-electron chi connectivity index (χ0n) is 13.0. The van der Waals surface area contributed by atoms with E-state index in [1.54, 1.807) is 0 Å². The van der Waals surface area contributed by atoms with Gasteiger partial charge in [0.05, 0.1) is 5.02 Å². The Bertz CT molecular complexity index is 393. The normalized spacial score (nSPS) is 25.1. The smallest absolute Gasteiger partial charge is 0.0561 e. The van der Waals surface area contributed by atoms with Crippen LogP contribution in [0.25, 0.3) is 0 Å². The monoisotopic (exact) mass is 313 g/mol. The molecule has 0 bridgehead atoms. The lowest BCUT2D eigenvalue weighted by Gasteiger charge is -2.35. The van der Waals surface area contributed by atoms with Gasteiger partial charge >= 0.3 is 0 Å². The molecular formula is C17H28ClNS. The molecule has 1 nitrogen and oxygen atoms in total. The quantitative estimate of drug-likeness (QED) is 0.689. The van der Waals surface area contributed by atoms with Gasteiger partial charge in [0.1, 0.15) is 0 Å². The molecule has 1 fully saturated rings. The van der Waals surface area contributed by atoms with E-state index in [1.807, 2.05) is 17.4 Å². The Kier molecular flexibility index (Phi) is 6.38. The predicted molar refractivity (Wildman–Crippen MR) is 90.6 cm³/mol. The summed E-state index contributed by atoms with van der Waals surface area (Å²) in [4.78, 5) is 1.35. The number of hydrogen-bond acceptors (Lipinski definition) is 2. The Hall–Kier alpha value is -0.0500. The van der Waals surface area contributed by atoms with Crippen LogP contribution in [0.2, 0.25) is 5.02 Å². The Morgan fingerprint density at radius 1 is 1.25 bits per heavy atom. The van der Waals surface area contributed by atoms with Crippen molar-refractivity contribution in [3.8, 4) is 0 Å². The Labute approximate surface area is 133 Å². The maximum Gasteiger partial charge on any atom is 0.0561 e. The molecule has 20 heavy (non-hydrogen) atoms. The first-order chi connectivity index (χ1) is 9.63. The SMILES string of the molecule is CCCNC(c1sccc1Cl)C1CCC(C(C)C)CC1. The van der Waals surface area contributed by atoms with Gasteiger partial charge in [-0.25, -0.2) is 0 Å². The van der Waals surface area contributed by atoms with Crippen LogP contribution in [-0.4, -0.2) is 6.54 Å². The highest BCUT2D eigenvalue weighted by Crippen LogP contribution is 2.42. The molecule has 2 rings (SSSR count). The van der Waals surface area contributed by atoms with Gasteiger partial charge in [-0.15, -0.1) is 11.3 Å². The van der Waals surface area contributed by atoms with Gasteiger partial charge in [0, 0.05) is 10.9 Å². The lowest BCUT2D eigenvalue weighted by atomic mass is 9.74. The molecule has 1 atom stereocenters. The lowest BCUT2D eigenvalue weighted by Crippen LogP contribution is -2.32. The van der Waals surface area contributed by atoms with Crippen LogP contribution in [0.4, 0.5) is 0 Å². The van der Waals surface area contributed by atoms with Crippen LogP contribution in [0.15, 0.2) is 11.4 Å². The predicted octanol–water partition coefficient (Wildman–Crippen LogP) is 5.90. The van der Waals surface area contributed by atoms with E-state index >= 15 is 0 Å². The second-order valence-electron chi connectivity index (χ2n) is 6.48. The van der Waals surface area contributed by atoms with Crippen molar-refractivity contribution in [2.75, 3.05) is 6.54 Å². The number of hydrogen-bond donors (Lipinski definition) is 1. The Morgan fingerprint density at radius 2 is 1.90 bits per heavy atom. The summed E-state index contributed by atoms with van der Waals surface area (Å²) in [6.07, 6.45) is 6.64. The van der Waals surface area contributed by atoms with Gasteiger partial charge in [0.2, 0.25) is 0 Å². The van der Waals surface area contributed by atoms with Crippen molar-refractivity contribution in [1.29, 1.82) is 0 Å². The van der Waals surface area contributed by atoms with Crippen LogP contribution in [0.3, 0.4) is 0 Å². The Morgan fingerprint density at radius 3 is 2.40 bits per heavy atom. The first-order valence-electron chi connectivity index (χ1n) is 8.09. The maximum absolute atomic E-state index is 6.38. The van der Waals surface area contributed by atoms with E-state index in [-0.39, 0.29) is 0 Å². The van der Waals surface area contributed by atoms with Crippen molar-refractivity contribution < 1.29 is 0 Å². The van der Waals surface area contributed by atoms with Crippen molar-refractivity contribution in [2.24, 2.45) is 17.8 Å². The van der Waals surface area contributed by atoms with Crippen LogP contribution in [0.1, 0.15) is 63.8 Å². The number of thiophene rings is 1. The summed E-state index contributed by atoms with van der Waals surface area (Å²) < 4.78 is 0. The highest BCUT2D eigenvalue weighted by atomic mass is 35.5. The molecule has 1 aromatic heterocycles. The fourth-order valence-electron chi connectivity index (χ4n) is 3.45. The number of nitrogens with one attached hydrogen (secondary N) is 1. The van der Waals surface area contributed by atoms with Crippen LogP contribution < -0.4 is 5.32 Å². The minimum absolute atomic E-state index is 0.468. The molecule has 1 aromatic rings. The summed E-state index contributed by atoms with van der Waals surface area (Å²) >= 11 is 8.20. The van der Waals surface area contributed by atoms with Crippen molar-refractivity contribution in [1.82, 2.24) is 5.32 Å².